The summed E-state index contributed by atoms with van der Waals surface area (Å²) in [6.45, 7) is 6.34. The van der Waals surface area contributed by atoms with Gasteiger partial charge in [-0.25, -0.2) is 0 Å². The summed E-state index contributed by atoms with van der Waals surface area (Å²) in [7, 11) is 0. The second kappa shape index (κ2) is 6.58. The molecule has 0 radical (unpaired) electrons. The number of hydrogen-bond donors (Lipinski definition) is 0. The summed E-state index contributed by atoms with van der Waals surface area (Å²) in [6.07, 6.45) is 0. The van der Waals surface area contributed by atoms with Crippen molar-refractivity contribution in [2.45, 2.75) is 32.1 Å². The Hall–Kier alpha value is -1.45. The van der Waals surface area contributed by atoms with Crippen molar-refractivity contribution in [3.8, 4) is 0 Å². The molecule has 4 heteroatoms. The van der Waals surface area contributed by atoms with Gasteiger partial charge in [0.15, 0.2) is 0 Å². The van der Waals surface area contributed by atoms with Crippen molar-refractivity contribution < 1.29 is 4.79 Å². The van der Waals surface area contributed by atoms with E-state index in [9.17, 15) is 4.79 Å². The molecule has 1 aliphatic rings. The highest BCUT2D eigenvalue weighted by Crippen LogP contribution is 2.42. The Balaban J connectivity index is 1.94. The van der Waals surface area contributed by atoms with Gasteiger partial charge in [-0.15, -0.1) is 11.8 Å². The molecule has 120 valence electrons. The summed E-state index contributed by atoms with van der Waals surface area (Å²) in [5, 5.41) is 0.712. The van der Waals surface area contributed by atoms with Crippen LogP contribution in [0.4, 0.5) is 5.69 Å². The highest BCUT2D eigenvalue weighted by Gasteiger charge is 2.34. The quantitative estimate of drug-likeness (QED) is 0.726. The number of carbonyl (C=O) groups is 1. The summed E-state index contributed by atoms with van der Waals surface area (Å²) in [5.74, 6) is 1.14. The van der Waals surface area contributed by atoms with Crippen LogP contribution in [0.25, 0.3) is 0 Å². The maximum absolute atomic E-state index is 12.4. The number of hydrogen-bond acceptors (Lipinski definition) is 2. The first-order chi connectivity index (χ1) is 11.0. The van der Waals surface area contributed by atoms with Crippen molar-refractivity contribution >= 4 is 35.0 Å². The molecule has 3 rings (SSSR count). The molecule has 0 N–H and O–H groups in total. The molecule has 1 saturated heterocycles. The standard InChI is InChI=1S/C19H20ClNOS/c1-12(2)14-5-7-15(8-6-14)19-21(18(22)11-23-19)16-9-4-13(3)17(20)10-16/h4-10,12,19H,11H2,1-3H3/t19-/m1/s1. The number of carbonyl (C=O) groups excluding carboxylic acids is 1. The lowest BCUT2D eigenvalue weighted by Crippen LogP contribution is -2.27. The number of thioether (sulfide) groups is 1. The van der Waals surface area contributed by atoms with Crippen LogP contribution in [0.5, 0.6) is 0 Å². The predicted molar refractivity (Wildman–Crippen MR) is 99.4 cm³/mol. The lowest BCUT2D eigenvalue weighted by atomic mass is 10.0. The monoisotopic (exact) mass is 345 g/mol. The topological polar surface area (TPSA) is 20.3 Å². The molecule has 1 aliphatic heterocycles. The smallest absolute Gasteiger partial charge is 0.238 e. The Labute approximate surface area is 146 Å². The molecular formula is C19H20ClNOS. The normalized spacial score (nSPS) is 18.0. The van der Waals surface area contributed by atoms with E-state index in [1.165, 1.54) is 5.56 Å². The van der Waals surface area contributed by atoms with Gasteiger partial charge in [0, 0.05) is 10.7 Å². The number of halogens is 1. The molecule has 0 bridgehead atoms. The van der Waals surface area contributed by atoms with E-state index in [4.69, 9.17) is 11.6 Å². The predicted octanol–water partition coefficient (Wildman–Crippen LogP) is 5.55. The van der Waals surface area contributed by atoms with E-state index in [-0.39, 0.29) is 11.3 Å². The Kier molecular flexibility index (Phi) is 4.69. The van der Waals surface area contributed by atoms with E-state index in [0.29, 0.717) is 16.7 Å². The average molecular weight is 346 g/mol. The molecule has 0 unspecified atom stereocenters. The Morgan fingerprint density at radius 2 is 1.87 bits per heavy atom. The average Bonchev–Trinajstić information content (AvgIpc) is 2.92. The third kappa shape index (κ3) is 3.26. The fourth-order valence-corrected chi connectivity index (χ4v) is 4.08. The largest absolute Gasteiger partial charge is 0.295 e. The lowest BCUT2D eigenvalue weighted by Gasteiger charge is -2.25. The van der Waals surface area contributed by atoms with Crippen LogP contribution in [0, 0.1) is 6.92 Å². The highest BCUT2D eigenvalue weighted by atomic mass is 35.5. The molecule has 1 amide bonds. The minimum atomic E-state index is 0.0162. The molecule has 2 nitrogen and oxygen atoms in total. The van der Waals surface area contributed by atoms with E-state index in [1.54, 1.807) is 11.8 Å². The first-order valence-corrected chi connectivity index (χ1v) is 9.19. The van der Waals surface area contributed by atoms with E-state index >= 15 is 0 Å². The maximum Gasteiger partial charge on any atom is 0.238 e. The van der Waals surface area contributed by atoms with Crippen molar-refractivity contribution in [3.63, 3.8) is 0 Å². The summed E-state index contributed by atoms with van der Waals surface area (Å²) < 4.78 is 0. The van der Waals surface area contributed by atoms with Gasteiger partial charge in [-0.1, -0.05) is 55.8 Å². The number of benzene rings is 2. The molecule has 2 aromatic carbocycles. The van der Waals surface area contributed by atoms with Gasteiger partial charge in [0.2, 0.25) is 5.91 Å². The number of nitrogens with zero attached hydrogens (tertiary/aromatic N) is 1. The lowest BCUT2D eigenvalue weighted by molar-refractivity contribution is -0.115. The maximum atomic E-state index is 12.4. The third-order valence-corrected chi connectivity index (χ3v) is 5.81. The summed E-state index contributed by atoms with van der Waals surface area (Å²) in [5.41, 5.74) is 4.36. The molecule has 2 aromatic rings. The van der Waals surface area contributed by atoms with Crippen molar-refractivity contribution in [2.75, 3.05) is 10.7 Å². The highest BCUT2D eigenvalue weighted by molar-refractivity contribution is 8.00. The van der Waals surface area contributed by atoms with Gasteiger partial charge in [0.05, 0.1) is 5.75 Å². The van der Waals surface area contributed by atoms with Crippen LogP contribution in [0.3, 0.4) is 0 Å². The van der Waals surface area contributed by atoms with E-state index < -0.39 is 0 Å². The summed E-state index contributed by atoms with van der Waals surface area (Å²) in [4.78, 5) is 14.3. The Bertz CT molecular complexity index is 727. The third-order valence-electron chi connectivity index (χ3n) is 4.19. The summed E-state index contributed by atoms with van der Waals surface area (Å²) in [6, 6.07) is 14.4. The minimum Gasteiger partial charge on any atom is -0.295 e. The molecule has 23 heavy (non-hydrogen) atoms. The number of aryl methyl sites for hydroxylation is 1. The van der Waals surface area contributed by atoms with Crippen molar-refractivity contribution in [1.82, 2.24) is 0 Å². The number of amides is 1. The van der Waals surface area contributed by atoms with Crippen LogP contribution in [0.2, 0.25) is 5.02 Å². The Morgan fingerprint density at radius 3 is 2.48 bits per heavy atom. The van der Waals surface area contributed by atoms with Crippen molar-refractivity contribution in [2.24, 2.45) is 0 Å². The molecule has 1 heterocycles. The van der Waals surface area contributed by atoms with Gasteiger partial charge in [0.1, 0.15) is 5.37 Å². The molecule has 1 atom stereocenters. The van der Waals surface area contributed by atoms with Gasteiger partial charge in [0.25, 0.3) is 0 Å². The van der Waals surface area contributed by atoms with Crippen molar-refractivity contribution in [3.05, 3.63) is 64.2 Å². The van der Waals surface area contributed by atoms with Gasteiger partial charge in [-0.3, -0.25) is 9.69 Å². The van der Waals surface area contributed by atoms with E-state index in [2.05, 4.69) is 38.1 Å². The SMILES string of the molecule is Cc1ccc(N2C(=O)CS[C@@H]2c2ccc(C(C)C)cc2)cc1Cl. The van der Waals surface area contributed by atoms with E-state index in [1.807, 2.05) is 30.0 Å². The first-order valence-electron chi connectivity index (χ1n) is 7.77. The van der Waals surface area contributed by atoms with Crippen LogP contribution < -0.4 is 4.90 Å². The van der Waals surface area contributed by atoms with Crippen LogP contribution in [0.15, 0.2) is 42.5 Å². The number of anilines is 1. The molecule has 0 saturated carbocycles. The van der Waals surface area contributed by atoms with E-state index in [0.717, 1.165) is 16.8 Å². The first kappa shape index (κ1) is 16.4. The van der Waals surface area contributed by atoms with Crippen molar-refractivity contribution in [1.29, 1.82) is 0 Å². The zero-order valence-electron chi connectivity index (χ0n) is 13.5. The van der Waals surface area contributed by atoms with Crippen LogP contribution in [-0.4, -0.2) is 11.7 Å². The van der Waals surface area contributed by atoms with Gasteiger partial charge in [-0.05, 0) is 41.7 Å². The minimum absolute atomic E-state index is 0.0162. The zero-order valence-corrected chi connectivity index (χ0v) is 15.1. The molecular weight excluding hydrogens is 326 g/mol. The van der Waals surface area contributed by atoms with Crippen LogP contribution in [0.1, 0.15) is 41.8 Å². The molecule has 1 fully saturated rings. The number of rotatable bonds is 3. The zero-order chi connectivity index (χ0) is 16.6. The molecule has 0 spiro atoms. The van der Waals surface area contributed by atoms with Crippen LogP contribution >= 0.6 is 23.4 Å². The summed E-state index contributed by atoms with van der Waals surface area (Å²) >= 11 is 7.91. The Morgan fingerprint density at radius 1 is 1.17 bits per heavy atom. The fourth-order valence-electron chi connectivity index (χ4n) is 2.73. The van der Waals surface area contributed by atoms with Crippen LogP contribution in [-0.2, 0) is 4.79 Å². The van der Waals surface area contributed by atoms with Gasteiger partial charge in [-0.2, -0.15) is 0 Å². The molecule has 0 aromatic heterocycles. The van der Waals surface area contributed by atoms with Gasteiger partial charge < -0.3 is 0 Å². The second-order valence-electron chi connectivity index (χ2n) is 6.18. The van der Waals surface area contributed by atoms with Gasteiger partial charge >= 0.3 is 0 Å². The molecule has 0 aliphatic carbocycles. The fraction of sp³-hybridized carbons (Fsp3) is 0.316. The second-order valence-corrected chi connectivity index (χ2v) is 7.66.